The van der Waals surface area contributed by atoms with E-state index < -0.39 is 10.8 Å². The molecule has 0 bridgehead atoms. The normalized spacial score (nSPS) is 12.6. The van der Waals surface area contributed by atoms with E-state index in [-0.39, 0.29) is 0 Å². The van der Waals surface area contributed by atoms with Crippen molar-refractivity contribution in [1.29, 1.82) is 0 Å². The summed E-state index contributed by atoms with van der Waals surface area (Å²) in [6, 6.07) is 7.49. The van der Waals surface area contributed by atoms with Gasteiger partial charge in [-0.05, 0) is 24.3 Å². The predicted octanol–water partition coefficient (Wildman–Crippen LogP) is 1.43. The molecule has 0 aliphatic rings. The molecule has 0 aromatic carbocycles. The lowest BCUT2D eigenvalue weighted by molar-refractivity contribution is 0.780. The SMILES string of the molecule is c1cnn(S(n2cccn2)(n2cccn2)n2cccn2)c1. The summed E-state index contributed by atoms with van der Waals surface area (Å²) in [5, 5.41) is 17.7. The van der Waals surface area contributed by atoms with E-state index in [4.69, 9.17) is 0 Å². The molecule has 0 atom stereocenters. The number of hydrogen-bond donors (Lipinski definition) is 0. The van der Waals surface area contributed by atoms with Crippen LogP contribution in [0.25, 0.3) is 0 Å². The molecule has 4 aromatic rings. The molecule has 0 spiro atoms. The standard InChI is InChI=1S/C12H12N8S/c1-5-13-17(9-1)21(18-10-2-6-14-18,19-11-3-7-15-19)20-12-4-8-16-20/h1-12H. The van der Waals surface area contributed by atoms with Crippen LogP contribution in [0.5, 0.6) is 0 Å². The summed E-state index contributed by atoms with van der Waals surface area (Å²) >= 11 is 0. The fraction of sp³-hybridized carbons (Fsp3) is 0. The van der Waals surface area contributed by atoms with Crippen LogP contribution in [-0.2, 0) is 0 Å². The lowest BCUT2D eigenvalue weighted by Crippen LogP contribution is -2.33. The zero-order valence-electron chi connectivity index (χ0n) is 10.9. The van der Waals surface area contributed by atoms with E-state index in [9.17, 15) is 0 Å². The van der Waals surface area contributed by atoms with Gasteiger partial charge in [-0.15, -0.1) is 0 Å². The van der Waals surface area contributed by atoms with Gasteiger partial charge in [0.25, 0.3) is 0 Å². The molecule has 0 fully saturated rings. The topological polar surface area (TPSA) is 71.3 Å². The number of nitrogens with zero attached hydrogens (tertiary/aromatic N) is 8. The molecule has 8 nitrogen and oxygen atoms in total. The number of rotatable bonds is 4. The highest BCUT2D eigenvalue weighted by atomic mass is 32.3. The van der Waals surface area contributed by atoms with Crippen LogP contribution in [0.3, 0.4) is 0 Å². The van der Waals surface area contributed by atoms with Crippen molar-refractivity contribution in [2.75, 3.05) is 0 Å². The molecule has 0 N–H and O–H groups in total. The third kappa shape index (κ3) is 1.64. The Balaban J connectivity index is 2.10. The van der Waals surface area contributed by atoms with E-state index in [1.54, 1.807) is 24.8 Å². The first-order valence-corrected chi connectivity index (χ1v) is 7.72. The average molecular weight is 300 g/mol. The molecule has 0 unspecified atom stereocenters. The molecule has 21 heavy (non-hydrogen) atoms. The Labute approximate surface area is 122 Å². The van der Waals surface area contributed by atoms with Crippen molar-refractivity contribution >= 4 is 10.8 Å². The summed E-state index contributed by atoms with van der Waals surface area (Å²) in [5.74, 6) is 0. The van der Waals surface area contributed by atoms with Crippen LogP contribution in [0.2, 0.25) is 0 Å². The van der Waals surface area contributed by atoms with E-state index >= 15 is 0 Å². The molecule has 4 heterocycles. The Bertz CT molecular complexity index is 643. The van der Waals surface area contributed by atoms with Crippen LogP contribution in [0.1, 0.15) is 0 Å². The second-order valence-corrected chi connectivity index (χ2v) is 6.60. The summed E-state index contributed by atoms with van der Waals surface area (Å²) < 4.78 is 7.33. The van der Waals surface area contributed by atoms with Crippen LogP contribution < -0.4 is 0 Å². The van der Waals surface area contributed by atoms with Crippen molar-refractivity contribution in [2.24, 2.45) is 0 Å². The monoisotopic (exact) mass is 300 g/mol. The molecule has 0 amide bonds. The summed E-state index contributed by atoms with van der Waals surface area (Å²) in [4.78, 5) is 0. The smallest absolute Gasteiger partial charge is 0.162 e. The predicted molar refractivity (Wildman–Crippen MR) is 78.1 cm³/mol. The molecule has 9 heteroatoms. The van der Waals surface area contributed by atoms with Gasteiger partial charge in [-0.3, -0.25) is 0 Å². The summed E-state index contributed by atoms with van der Waals surface area (Å²) in [6.45, 7) is 0. The first-order chi connectivity index (χ1) is 10.4. The van der Waals surface area contributed by atoms with Gasteiger partial charge >= 0.3 is 0 Å². The molecular formula is C12H12N8S. The average Bonchev–Trinajstić information content (AvgIpc) is 3.32. The molecule has 0 saturated heterocycles. The Morgan fingerprint density at radius 3 is 0.952 bits per heavy atom. The van der Waals surface area contributed by atoms with Crippen LogP contribution in [0, 0.1) is 0 Å². The highest BCUT2D eigenvalue weighted by Gasteiger charge is 2.35. The highest BCUT2D eigenvalue weighted by molar-refractivity contribution is 8.28. The van der Waals surface area contributed by atoms with Gasteiger partial charge in [-0.2, -0.15) is 36.7 Å². The van der Waals surface area contributed by atoms with Crippen molar-refractivity contribution in [2.45, 2.75) is 0 Å². The molecule has 0 saturated carbocycles. The Hall–Kier alpha value is -2.81. The Morgan fingerprint density at radius 1 is 0.476 bits per heavy atom. The first kappa shape index (κ1) is 12.0. The third-order valence-electron chi connectivity index (χ3n) is 2.92. The zero-order chi connectivity index (χ0) is 14.1. The zero-order valence-corrected chi connectivity index (χ0v) is 11.7. The lowest BCUT2D eigenvalue weighted by Gasteiger charge is -2.38. The fourth-order valence-electron chi connectivity index (χ4n) is 2.11. The highest BCUT2D eigenvalue weighted by Crippen LogP contribution is 2.49. The fourth-order valence-corrected chi connectivity index (χ4v) is 4.80. The number of hydrogen-bond acceptors (Lipinski definition) is 4. The summed E-state index contributed by atoms with van der Waals surface area (Å²) in [7, 11) is -2.12. The van der Waals surface area contributed by atoms with Gasteiger partial charge < -0.3 is 0 Å². The maximum absolute atomic E-state index is 4.43. The van der Waals surface area contributed by atoms with Crippen molar-refractivity contribution < 1.29 is 0 Å². The maximum atomic E-state index is 4.43. The van der Waals surface area contributed by atoms with Crippen molar-refractivity contribution in [1.82, 2.24) is 36.7 Å². The lowest BCUT2D eigenvalue weighted by atomic mass is 10.8. The van der Waals surface area contributed by atoms with Gasteiger partial charge in [0.05, 0.1) is 24.8 Å². The molecule has 4 rings (SSSR count). The Kier molecular flexibility index (Phi) is 2.64. The van der Waals surface area contributed by atoms with Gasteiger partial charge in [0.15, 0.2) is 10.8 Å². The van der Waals surface area contributed by atoms with Crippen LogP contribution in [-0.4, -0.2) is 36.7 Å². The molecule has 106 valence electrons. The third-order valence-corrected chi connectivity index (χ3v) is 5.80. The molecule has 0 aliphatic heterocycles. The van der Waals surface area contributed by atoms with Gasteiger partial charge in [0, 0.05) is 24.8 Å². The quantitative estimate of drug-likeness (QED) is 0.571. The second-order valence-electron chi connectivity index (χ2n) is 4.12. The van der Waals surface area contributed by atoms with E-state index in [0.717, 1.165) is 0 Å². The van der Waals surface area contributed by atoms with Gasteiger partial charge in [-0.25, -0.2) is 0 Å². The van der Waals surface area contributed by atoms with Gasteiger partial charge in [0.1, 0.15) is 0 Å². The van der Waals surface area contributed by atoms with E-state index in [0.29, 0.717) is 0 Å². The first-order valence-electron chi connectivity index (χ1n) is 6.26. The van der Waals surface area contributed by atoms with E-state index in [1.165, 1.54) is 0 Å². The van der Waals surface area contributed by atoms with Crippen LogP contribution >= 0.6 is 10.8 Å². The van der Waals surface area contributed by atoms with Crippen LogP contribution in [0.4, 0.5) is 0 Å². The van der Waals surface area contributed by atoms with E-state index in [1.807, 2.05) is 65.4 Å². The Morgan fingerprint density at radius 2 is 0.762 bits per heavy atom. The maximum Gasteiger partial charge on any atom is 0.162 e. The van der Waals surface area contributed by atoms with Crippen molar-refractivity contribution in [3.8, 4) is 0 Å². The molecule has 4 aromatic heterocycles. The minimum absolute atomic E-state index is 1.73. The van der Waals surface area contributed by atoms with Crippen LogP contribution in [0.15, 0.2) is 73.8 Å². The van der Waals surface area contributed by atoms with Crippen molar-refractivity contribution in [3.63, 3.8) is 0 Å². The molecular weight excluding hydrogens is 288 g/mol. The van der Waals surface area contributed by atoms with Gasteiger partial charge in [0.2, 0.25) is 0 Å². The summed E-state index contributed by atoms with van der Waals surface area (Å²) in [5.41, 5.74) is 0. The van der Waals surface area contributed by atoms with Gasteiger partial charge in [-0.1, -0.05) is 0 Å². The van der Waals surface area contributed by atoms with Crippen molar-refractivity contribution in [3.05, 3.63) is 73.8 Å². The largest absolute Gasteiger partial charge is 0.178 e. The molecule has 0 aliphatic carbocycles. The minimum Gasteiger partial charge on any atom is -0.178 e. The minimum atomic E-state index is -2.12. The second kappa shape index (κ2) is 4.63. The van der Waals surface area contributed by atoms with E-state index in [2.05, 4.69) is 20.4 Å². The number of aromatic nitrogens is 8. The molecule has 0 radical (unpaired) electrons. The summed E-state index contributed by atoms with van der Waals surface area (Å²) in [6.07, 6.45) is 14.5.